The third-order valence-electron chi connectivity index (χ3n) is 3.03. The summed E-state index contributed by atoms with van der Waals surface area (Å²) >= 11 is 0. The predicted octanol–water partition coefficient (Wildman–Crippen LogP) is 0.568. The summed E-state index contributed by atoms with van der Waals surface area (Å²) in [4.78, 5) is 6.37. The third-order valence-corrected chi connectivity index (χ3v) is 3.03. The van der Waals surface area contributed by atoms with Crippen LogP contribution in [0.15, 0.2) is 24.5 Å². The second kappa shape index (κ2) is 7.07. The van der Waals surface area contributed by atoms with Gasteiger partial charge in [-0.15, -0.1) is 0 Å². The fraction of sp³-hybridized carbons (Fsp3) is 0.538. The van der Waals surface area contributed by atoms with Gasteiger partial charge in [-0.3, -0.25) is 15.2 Å². The maximum atomic E-state index is 9.14. The highest BCUT2D eigenvalue weighted by Gasteiger charge is 2.12. The maximum absolute atomic E-state index is 9.14. The molecule has 2 heterocycles. The van der Waals surface area contributed by atoms with Gasteiger partial charge in [0, 0.05) is 44.1 Å². The van der Waals surface area contributed by atoms with Gasteiger partial charge in [-0.05, 0) is 6.07 Å². The molecule has 1 unspecified atom stereocenters. The molecule has 1 aromatic heterocycles. The van der Waals surface area contributed by atoms with Crippen LogP contribution in [0.2, 0.25) is 0 Å². The van der Waals surface area contributed by atoms with Crippen molar-refractivity contribution in [1.82, 2.24) is 15.2 Å². The van der Waals surface area contributed by atoms with E-state index in [1.54, 1.807) is 12.4 Å². The molecule has 0 saturated carbocycles. The van der Waals surface area contributed by atoms with Crippen molar-refractivity contribution in [2.75, 3.05) is 39.4 Å². The second-order valence-electron chi connectivity index (χ2n) is 4.26. The molecule has 1 N–H and O–H groups in total. The zero-order valence-corrected chi connectivity index (χ0v) is 10.4. The van der Waals surface area contributed by atoms with Crippen molar-refractivity contribution in [3.63, 3.8) is 0 Å². The molecule has 96 valence electrons. The molecule has 1 saturated heterocycles. The number of hydrogen-bond donors (Lipinski definition) is 1. The Morgan fingerprint density at radius 3 is 3.00 bits per heavy atom. The van der Waals surface area contributed by atoms with E-state index in [1.807, 2.05) is 12.1 Å². The van der Waals surface area contributed by atoms with Crippen molar-refractivity contribution in [3.05, 3.63) is 30.1 Å². The summed E-state index contributed by atoms with van der Waals surface area (Å²) in [6.07, 6.45) is 3.45. The number of rotatable bonds is 5. The van der Waals surface area contributed by atoms with Crippen LogP contribution in [0, 0.1) is 11.3 Å². The van der Waals surface area contributed by atoms with Crippen molar-refractivity contribution in [3.8, 4) is 6.07 Å². The SMILES string of the molecule is N#CC(NCCN1CCOCC1)c1cccnc1. The number of nitriles is 1. The van der Waals surface area contributed by atoms with Crippen molar-refractivity contribution in [1.29, 1.82) is 5.26 Å². The molecule has 1 aromatic rings. The molecule has 0 spiro atoms. The highest BCUT2D eigenvalue weighted by Crippen LogP contribution is 2.09. The smallest absolute Gasteiger partial charge is 0.122 e. The number of morpholine rings is 1. The summed E-state index contributed by atoms with van der Waals surface area (Å²) in [7, 11) is 0. The molecule has 1 aliphatic rings. The molecule has 5 nitrogen and oxygen atoms in total. The van der Waals surface area contributed by atoms with Crippen molar-refractivity contribution < 1.29 is 4.74 Å². The minimum absolute atomic E-state index is 0.278. The Labute approximate surface area is 107 Å². The Bertz CT molecular complexity index is 384. The second-order valence-corrected chi connectivity index (χ2v) is 4.26. The molecule has 18 heavy (non-hydrogen) atoms. The first-order valence-corrected chi connectivity index (χ1v) is 6.23. The van der Waals surface area contributed by atoms with Gasteiger partial charge >= 0.3 is 0 Å². The number of nitrogens with one attached hydrogen (secondary N) is 1. The van der Waals surface area contributed by atoms with Crippen LogP contribution in [-0.4, -0.2) is 49.3 Å². The Morgan fingerprint density at radius 2 is 2.33 bits per heavy atom. The lowest BCUT2D eigenvalue weighted by Gasteiger charge is -2.26. The van der Waals surface area contributed by atoms with Crippen LogP contribution in [-0.2, 0) is 4.74 Å². The Kier molecular flexibility index (Phi) is 5.09. The molecular weight excluding hydrogens is 228 g/mol. The first-order valence-electron chi connectivity index (χ1n) is 6.23. The zero-order valence-electron chi connectivity index (χ0n) is 10.4. The van der Waals surface area contributed by atoms with Gasteiger partial charge in [0.2, 0.25) is 0 Å². The van der Waals surface area contributed by atoms with Crippen molar-refractivity contribution in [2.24, 2.45) is 0 Å². The molecular formula is C13H18N4O. The molecule has 1 fully saturated rings. The van der Waals surface area contributed by atoms with Gasteiger partial charge < -0.3 is 4.74 Å². The largest absolute Gasteiger partial charge is 0.379 e. The molecule has 0 bridgehead atoms. The van der Waals surface area contributed by atoms with Gasteiger partial charge in [-0.1, -0.05) is 6.07 Å². The van der Waals surface area contributed by atoms with E-state index < -0.39 is 0 Å². The Morgan fingerprint density at radius 1 is 1.50 bits per heavy atom. The van der Waals surface area contributed by atoms with Crippen LogP contribution < -0.4 is 5.32 Å². The number of nitrogens with zero attached hydrogens (tertiary/aromatic N) is 3. The van der Waals surface area contributed by atoms with Crippen molar-refractivity contribution >= 4 is 0 Å². The summed E-state index contributed by atoms with van der Waals surface area (Å²) in [6.45, 7) is 5.32. The average molecular weight is 246 g/mol. The molecule has 0 aliphatic carbocycles. The summed E-state index contributed by atoms with van der Waals surface area (Å²) in [6, 6.07) is 5.75. The minimum Gasteiger partial charge on any atom is -0.379 e. The quantitative estimate of drug-likeness (QED) is 0.823. The number of ether oxygens (including phenoxy) is 1. The van der Waals surface area contributed by atoms with Crippen molar-refractivity contribution in [2.45, 2.75) is 6.04 Å². The van der Waals surface area contributed by atoms with Gasteiger partial charge in [-0.25, -0.2) is 0 Å². The van der Waals surface area contributed by atoms with E-state index in [4.69, 9.17) is 10.00 Å². The van der Waals surface area contributed by atoms with E-state index in [9.17, 15) is 0 Å². The lowest BCUT2D eigenvalue weighted by atomic mass is 10.1. The summed E-state index contributed by atoms with van der Waals surface area (Å²) < 4.78 is 5.29. The lowest BCUT2D eigenvalue weighted by Crippen LogP contribution is -2.40. The lowest BCUT2D eigenvalue weighted by molar-refractivity contribution is 0.0383. The standard InChI is InChI=1S/C13H18N4O/c14-10-13(12-2-1-3-15-11-12)16-4-5-17-6-8-18-9-7-17/h1-3,11,13,16H,4-9H2. The van der Waals surface area contributed by atoms with E-state index >= 15 is 0 Å². The molecule has 0 radical (unpaired) electrons. The van der Waals surface area contributed by atoms with E-state index in [0.29, 0.717) is 0 Å². The number of hydrogen-bond acceptors (Lipinski definition) is 5. The topological polar surface area (TPSA) is 61.2 Å². The van der Waals surface area contributed by atoms with Crippen LogP contribution >= 0.6 is 0 Å². The molecule has 0 aromatic carbocycles. The van der Waals surface area contributed by atoms with Gasteiger partial charge in [0.25, 0.3) is 0 Å². The monoisotopic (exact) mass is 246 g/mol. The number of aromatic nitrogens is 1. The normalized spacial score (nSPS) is 18.2. The van der Waals surface area contributed by atoms with Crippen LogP contribution in [0.3, 0.4) is 0 Å². The van der Waals surface area contributed by atoms with Gasteiger partial charge in [0.1, 0.15) is 6.04 Å². The third kappa shape index (κ3) is 3.77. The van der Waals surface area contributed by atoms with Gasteiger partial charge in [-0.2, -0.15) is 5.26 Å². The van der Waals surface area contributed by atoms with Crippen LogP contribution in [0.5, 0.6) is 0 Å². The van der Waals surface area contributed by atoms with Crippen LogP contribution in [0.4, 0.5) is 0 Å². The molecule has 1 atom stereocenters. The fourth-order valence-corrected chi connectivity index (χ4v) is 1.98. The highest BCUT2D eigenvalue weighted by molar-refractivity contribution is 5.19. The first-order chi connectivity index (χ1) is 8.90. The van der Waals surface area contributed by atoms with Gasteiger partial charge in [0.15, 0.2) is 0 Å². The van der Waals surface area contributed by atoms with E-state index in [1.165, 1.54) is 0 Å². The zero-order chi connectivity index (χ0) is 12.6. The van der Waals surface area contributed by atoms with Crippen LogP contribution in [0.1, 0.15) is 11.6 Å². The Balaban J connectivity index is 1.76. The molecule has 1 aliphatic heterocycles. The highest BCUT2D eigenvalue weighted by atomic mass is 16.5. The van der Waals surface area contributed by atoms with E-state index in [0.717, 1.165) is 45.0 Å². The minimum atomic E-state index is -0.278. The van der Waals surface area contributed by atoms with Crippen LogP contribution in [0.25, 0.3) is 0 Å². The maximum Gasteiger partial charge on any atom is 0.122 e. The summed E-state index contributed by atoms with van der Waals surface area (Å²) in [5, 5.41) is 12.4. The molecule has 5 heteroatoms. The Hall–Kier alpha value is -1.48. The summed E-state index contributed by atoms with van der Waals surface area (Å²) in [5.41, 5.74) is 0.918. The average Bonchev–Trinajstić information content (AvgIpc) is 2.46. The first kappa shape index (κ1) is 13.0. The summed E-state index contributed by atoms with van der Waals surface area (Å²) in [5.74, 6) is 0. The fourth-order valence-electron chi connectivity index (χ4n) is 1.98. The van der Waals surface area contributed by atoms with E-state index in [-0.39, 0.29) is 6.04 Å². The van der Waals surface area contributed by atoms with Gasteiger partial charge in [0.05, 0.1) is 19.3 Å². The molecule has 2 rings (SSSR count). The van der Waals surface area contributed by atoms with E-state index in [2.05, 4.69) is 21.3 Å². The predicted molar refractivity (Wildman–Crippen MR) is 67.9 cm³/mol. The molecule has 0 amide bonds. The number of pyridine rings is 1.